The minimum atomic E-state index is -0.475. The van der Waals surface area contributed by atoms with Gasteiger partial charge in [-0.05, 0) is 31.0 Å². The molecule has 1 aliphatic heterocycles. The van der Waals surface area contributed by atoms with Crippen LogP contribution in [0.15, 0.2) is 23.1 Å². The predicted molar refractivity (Wildman–Crippen MR) is 69.9 cm³/mol. The minimum Gasteiger partial charge on any atom is -0.398 e. The molecule has 6 heteroatoms. The second kappa shape index (κ2) is 4.52. The number of nitrogens with zero attached hydrogens (tertiary/aromatic N) is 1. The Morgan fingerprint density at radius 3 is 2.74 bits per heavy atom. The molecule has 1 heterocycles. The number of anilines is 1. The maximum Gasteiger partial charge on any atom is 0.243 e. The summed E-state index contributed by atoms with van der Waals surface area (Å²) in [5.74, 6) is -0.686. The number of hydrogen-bond donors (Lipinski definition) is 1. The van der Waals surface area contributed by atoms with Crippen LogP contribution in [0.25, 0.3) is 0 Å². The zero-order valence-electron chi connectivity index (χ0n) is 10.1. The second-order valence-electron chi connectivity index (χ2n) is 4.83. The molecule has 4 nitrogen and oxygen atoms in total. The van der Waals surface area contributed by atoms with Gasteiger partial charge in [-0.3, -0.25) is 14.5 Å². The molecular formula is C13H13FN2O2S. The largest absolute Gasteiger partial charge is 0.398 e. The summed E-state index contributed by atoms with van der Waals surface area (Å²) in [6.45, 7) is 0. The van der Waals surface area contributed by atoms with Crippen LogP contribution in [0.2, 0.25) is 0 Å². The number of amides is 2. The van der Waals surface area contributed by atoms with Crippen LogP contribution < -0.4 is 5.73 Å². The Hall–Kier alpha value is -1.56. The van der Waals surface area contributed by atoms with Gasteiger partial charge in [-0.15, -0.1) is 11.8 Å². The number of imide groups is 1. The molecule has 1 saturated carbocycles. The molecular weight excluding hydrogens is 267 g/mol. The van der Waals surface area contributed by atoms with E-state index in [0.717, 1.165) is 12.8 Å². The highest BCUT2D eigenvalue weighted by atomic mass is 32.2. The van der Waals surface area contributed by atoms with Gasteiger partial charge in [0.1, 0.15) is 5.82 Å². The van der Waals surface area contributed by atoms with E-state index in [4.69, 9.17) is 5.73 Å². The number of halogens is 1. The van der Waals surface area contributed by atoms with Crippen molar-refractivity contribution in [3.8, 4) is 0 Å². The van der Waals surface area contributed by atoms with Crippen LogP contribution in [0, 0.1) is 5.82 Å². The minimum absolute atomic E-state index is 0.0930. The molecule has 2 aliphatic rings. The number of carbonyl (C=O) groups is 2. The smallest absolute Gasteiger partial charge is 0.243 e. The number of hydrogen-bond acceptors (Lipinski definition) is 4. The topological polar surface area (TPSA) is 63.4 Å². The third kappa shape index (κ3) is 2.32. The van der Waals surface area contributed by atoms with Crippen molar-refractivity contribution < 1.29 is 14.0 Å². The van der Waals surface area contributed by atoms with Gasteiger partial charge in [-0.25, -0.2) is 4.39 Å². The van der Waals surface area contributed by atoms with Crippen molar-refractivity contribution in [1.82, 2.24) is 4.90 Å². The molecule has 19 heavy (non-hydrogen) atoms. The van der Waals surface area contributed by atoms with Gasteiger partial charge in [0, 0.05) is 23.0 Å². The van der Waals surface area contributed by atoms with Crippen LogP contribution in [-0.4, -0.2) is 28.0 Å². The zero-order chi connectivity index (χ0) is 13.6. The highest BCUT2D eigenvalue weighted by molar-refractivity contribution is 8.00. The van der Waals surface area contributed by atoms with E-state index in [1.54, 1.807) is 0 Å². The molecule has 1 aliphatic carbocycles. The van der Waals surface area contributed by atoms with Crippen LogP contribution in [0.4, 0.5) is 10.1 Å². The first kappa shape index (κ1) is 12.5. The Labute approximate surface area is 114 Å². The Morgan fingerprint density at radius 2 is 2.05 bits per heavy atom. The van der Waals surface area contributed by atoms with Gasteiger partial charge in [0.2, 0.25) is 11.8 Å². The lowest BCUT2D eigenvalue weighted by molar-refractivity contribution is -0.138. The van der Waals surface area contributed by atoms with Crippen molar-refractivity contribution in [3.05, 3.63) is 24.0 Å². The van der Waals surface area contributed by atoms with Crippen LogP contribution in [0.5, 0.6) is 0 Å². The van der Waals surface area contributed by atoms with E-state index < -0.39 is 11.1 Å². The number of carbonyl (C=O) groups excluding carboxylic acids is 2. The van der Waals surface area contributed by atoms with Crippen LogP contribution in [0.3, 0.4) is 0 Å². The SMILES string of the molecule is Nc1ccc(F)cc1SC1CC(=O)N(C2CC2)C1=O. The first-order chi connectivity index (χ1) is 9.06. The van der Waals surface area contributed by atoms with Gasteiger partial charge in [-0.2, -0.15) is 0 Å². The van der Waals surface area contributed by atoms with Gasteiger partial charge in [0.15, 0.2) is 0 Å². The van der Waals surface area contributed by atoms with Gasteiger partial charge in [0.05, 0.1) is 5.25 Å². The van der Waals surface area contributed by atoms with Gasteiger partial charge >= 0.3 is 0 Å². The standard InChI is InChI=1S/C13H13FN2O2S/c14-7-1-4-9(15)10(5-7)19-11-6-12(17)16(13(11)18)8-2-3-8/h1,4-5,8,11H,2-3,6,15H2. The van der Waals surface area contributed by atoms with Crippen molar-refractivity contribution in [3.63, 3.8) is 0 Å². The number of likely N-dealkylation sites (tertiary alicyclic amines) is 1. The Balaban J connectivity index is 1.78. The third-order valence-electron chi connectivity index (χ3n) is 3.30. The monoisotopic (exact) mass is 280 g/mol. The fraction of sp³-hybridized carbons (Fsp3) is 0.385. The second-order valence-corrected chi connectivity index (χ2v) is 6.07. The van der Waals surface area contributed by atoms with Crippen molar-refractivity contribution in [1.29, 1.82) is 0 Å². The summed E-state index contributed by atoms with van der Waals surface area (Å²) in [5, 5.41) is -0.475. The molecule has 1 aromatic carbocycles. The van der Waals surface area contributed by atoms with E-state index in [1.165, 1.54) is 34.9 Å². The van der Waals surface area contributed by atoms with Crippen LogP contribution in [0.1, 0.15) is 19.3 Å². The number of thioether (sulfide) groups is 1. The maximum absolute atomic E-state index is 13.2. The maximum atomic E-state index is 13.2. The molecule has 1 aromatic rings. The van der Waals surface area contributed by atoms with Crippen LogP contribution >= 0.6 is 11.8 Å². The lowest BCUT2D eigenvalue weighted by atomic mass is 10.3. The van der Waals surface area contributed by atoms with E-state index in [-0.39, 0.29) is 24.3 Å². The Morgan fingerprint density at radius 1 is 1.32 bits per heavy atom. The van der Waals surface area contributed by atoms with Gasteiger partial charge < -0.3 is 5.73 Å². The molecule has 3 rings (SSSR count). The lowest BCUT2D eigenvalue weighted by Gasteiger charge is -2.13. The fourth-order valence-electron chi connectivity index (χ4n) is 2.19. The molecule has 2 amide bonds. The molecule has 0 bridgehead atoms. The Bertz CT molecular complexity index is 560. The molecule has 1 unspecified atom stereocenters. The van der Waals surface area contributed by atoms with Crippen molar-refractivity contribution >= 4 is 29.3 Å². The summed E-state index contributed by atoms with van der Waals surface area (Å²) < 4.78 is 13.2. The molecule has 100 valence electrons. The molecule has 1 atom stereocenters. The highest BCUT2D eigenvalue weighted by Gasteiger charge is 2.46. The van der Waals surface area contributed by atoms with E-state index in [2.05, 4.69) is 0 Å². The van der Waals surface area contributed by atoms with Crippen molar-refractivity contribution in [2.45, 2.75) is 35.4 Å². The van der Waals surface area contributed by atoms with Gasteiger partial charge in [-0.1, -0.05) is 0 Å². The summed E-state index contributed by atoms with van der Waals surface area (Å²) in [5.41, 5.74) is 6.18. The average molecular weight is 280 g/mol. The molecule has 0 radical (unpaired) electrons. The van der Waals surface area contributed by atoms with Crippen molar-refractivity contribution in [2.24, 2.45) is 0 Å². The number of rotatable bonds is 3. The number of nitrogens with two attached hydrogens (primary N) is 1. The molecule has 2 fully saturated rings. The van der Waals surface area contributed by atoms with Crippen molar-refractivity contribution in [2.75, 3.05) is 5.73 Å². The summed E-state index contributed by atoms with van der Waals surface area (Å²) in [4.78, 5) is 25.8. The number of nitrogen functional groups attached to an aromatic ring is 1. The molecule has 0 aromatic heterocycles. The van der Waals surface area contributed by atoms with E-state index >= 15 is 0 Å². The molecule has 2 N–H and O–H groups in total. The van der Waals surface area contributed by atoms with Crippen LogP contribution in [-0.2, 0) is 9.59 Å². The van der Waals surface area contributed by atoms with Gasteiger partial charge in [0.25, 0.3) is 0 Å². The summed E-state index contributed by atoms with van der Waals surface area (Å²) >= 11 is 1.18. The normalized spacial score (nSPS) is 23.2. The first-order valence-corrected chi connectivity index (χ1v) is 7.02. The zero-order valence-corrected chi connectivity index (χ0v) is 11.0. The summed E-state index contributed by atoms with van der Waals surface area (Å²) in [7, 11) is 0. The average Bonchev–Trinajstić information content (AvgIpc) is 3.13. The van der Waals surface area contributed by atoms with E-state index in [9.17, 15) is 14.0 Å². The molecule has 0 spiro atoms. The summed E-state index contributed by atoms with van der Waals surface area (Å²) in [6.07, 6.45) is 1.98. The quantitative estimate of drug-likeness (QED) is 0.677. The first-order valence-electron chi connectivity index (χ1n) is 6.14. The fourth-order valence-corrected chi connectivity index (χ4v) is 3.33. The number of benzene rings is 1. The summed E-state index contributed by atoms with van der Waals surface area (Å²) in [6, 6.07) is 4.14. The van der Waals surface area contributed by atoms with E-state index in [1.807, 2.05) is 0 Å². The molecule has 1 saturated heterocycles. The van der Waals surface area contributed by atoms with E-state index in [0.29, 0.717) is 10.6 Å². The highest BCUT2D eigenvalue weighted by Crippen LogP contribution is 2.39. The Kier molecular flexibility index (Phi) is 2.97. The predicted octanol–water partition coefficient (Wildman–Crippen LogP) is 1.79. The third-order valence-corrected chi connectivity index (χ3v) is 4.56. The lowest BCUT2D eigenvalue weighted by Crippen LogP contribution is -2.33.